The van der Waals surface area contributed by atoms with Gasteiger partial charge in [0.1, 0.15) is 18.2 Å². The van der Waals surface area contributed by atoms with Gasteiger partial charge in [-0.15, -0.1) is 23.7 Å². The molecule has 0 radical (unpaired) electrons. The van der Waals surface area contributed by atoms with Crippen molar-refractivity contribution in [3.8, 4) is 5.75 Å². The SMILES string of the molecule is CNCCCNC(=O)c1sc2cccc(F)c2c1COc1ccccc1.Cl. The molecule has 0 saturated carbocycles. The van der Waals surface area contributed by atoms with E-state index in [2.05, 4.69) is 10.6 Å². The Morgan fingerprint density at radius 3 is 2.63 bits per heavy atom. The smallest absolute Gasteiger partial charge is 0.261 e. The first-order valence-corrected chi connectivity index (χ1v) is 9.33. The van der Waals surface area contributed by atoms with E-state index in [0.29, 0.717) is 28.1 Å². The maximum atomic E-state index is 14.4. The first-order chi connectivity index (χ1) is 12.7. The molecule has 3 aromatic rings. The van der Waals surface area contributed by atoms with Gasteiger partial charge in [-0.2, -0.15) is 0 Å². The number of thiophene rings is 1. The summed E-state index contributed by atoms with van der Waals surface area (Å²) in [6.45, 7) is 1.53. The van der Waals surface area contributed by atoms with Crippen molar-refractivity contribution in [3.05, 3.63) is 64.8 Å². The van der Waals surface area contributed by atoms with Crippen LogP contribution in [0.2, 0.25) is 0 Å². The fourth-order valence-electron chi connectivity index (χ4n) is 2.71. The molecule has 0 spiro atoms. The molecule has 0 atom stereocenters. The van der Waals surface area contributed by atoms with Crippen LogP contribution in [0.15, 0.2) is 48.5 Å². The van der Waals surface area contributed by atoms with Crippen molar-refractivity contribution in [2.24, 2.45) is 0 Å². The normalized spacial score (nSPS) is 10.4. The molecule has 144 valence electrons. The monoisotopic (exact) mass is 408 g/mol. The number of para-hydroxylation sites is 1. The minimum absolute atomic E-state index is 0. The number of rotatable bonds is 8. The van der Waals surface area contributed by atoms with E-state index in [1.807, 2.05) is 43.4 Å². The van der Waals surface area contributed by atoms with Crippen LogP contribution in [0.25, 0.3) is 10.1 Å². The molecule has 1 heterocycles. The Morgan fingerprint density at radius 2 is 1.89 bits per heavy atom. The number of carbonyl (C=O) groups excluding carboxylic acids is 1. The molecular formula is C20H22ClFN2O2S. The molecule has 4 nitrogen and oxygen atoms in total. The second-order valence-electron chi connectivity index (χ2n) is 5.84. The summed E-state index contributed by atoms with van der Waals surface area (Å²) in [5, 5.41) is 6.41. The van der Waals surface area contributed by atoms with Gasteiger partial charge in [0.2, 0.25) is 0 Å². The number of benzene rings is 2. The molecular weight excluding hydrogens is 387 g/mol. The van der Waals surface area contributed by atoms with Crippen molar-refractivity contribution in [2.45, 2.75) is 13.0 Å². The largest absolute Gasteiger partial charge is 0.489 e. The fourth-order valence-corrected chi connectivity index (χ4v) is 3.85. The quantitative estimate of drug-likeness (QED) is 0.544. The Bertz CT molecular complexity index is 886. The topological polar surface area (TPSA) is 50.4 Å². The van der Waals surface area contributed by atoms with E-state index >= 15 is 0 Å². The highest BCUT2D eigenvalue weighted by atomic mass is 35.5. The zero-order chi connectivity index (χ0) is 18.4. The molecule has 0 aliphatic carbocycles. The van der Waals surface area contributed by atoms with Crippen molar-refractivity contribution >= 4 is 39.7 Å². The standard InChI is InChI=1S/C20H21FN2O2S.ClH/c1-22-11-6-12-23-20(24)19-15(13-25-14-7-3-2-4-8-14)18-16(21)9-5-10-17(18)26-19;/h2-5,7-10,22H,6,11-13H2,1H3,(H,23,24);1H. The average molecular weight is 409 g/mol. The first-order valence-electron chi connectivity index (χ1n) is 8.51. The van der Waals surface area contributed by atoms with Gasteiger partial charge >= 0.3 is 0 Å². The third-order valence-corrected chi connectivity index (χ3v) is 5.18. The van der Waals surface area contributed by atoms with Crippen molar-refractivity contribution in [3.63, 3.8) is 0 Å². The van der Waals surface area contributed by atoms with Crippen LogP contribution in [0.4, 0.5) is 4.39 Å². The molecule has 0 fully saturated rings. The Hall–Kier alpha value is -2.15. The number of ether oxygens (including phenoxy) is 1. The summed E-state index contributed by atoms with van der Waals surface area (Å²) in [6.07, 6.45) is 0.831. The maximum absolute atomic E-state index is 14.4. The molecule has 0 aliphatic heterocycles. The number of carbonyl (C=O) groups is 1. The molecule has 1 amide bonds. The van der Waals surface area contributed by atoms with Gasteiger partial charge in [0, 0.05) is 22.2 Å². The Labute approximate surface area is 168 Å². The number of fused-ring (bicyclic) bond motifs is 1. The van der Waals surface area contributed by atoms with Gasteiger partial charge in [0.15, 0.2) is 0 Å². The van der Waals surface area contributed by atoms with E-state index in [9.17, 15) is 9.18 Å². The minimum Gasteiger partial charge on any atom is -0.489 e. The number of amides is 1. The molecule has 0 aliphatic rings. The second-order valence-corrected chi connectivity index (χ2v) is 6.89. The predicted octanol–water partition coefficient (Wildman–Crippen LogP) is 4.38. The molecule has 0 unspecified atom stereocenters. The van der Waals surface area contributed by atoms with Crippen LogP contribution in [0, 0.1) is 5.82 Å². The van der Waals surface area contributed by atoms with Gasteiger partial charge in [-0.3, -0.25) is 4.79 Å². The van der Waals surface area contributed by atoms with Gasteiger partial charge in [0.05, 0.1) is 4.88 Å². The lowest BCUT2D eigenvalue weighted by Crippen LogP contribution is -2.26. The van der Waals surface area contributed by atoms with Crippen LogP contribution in [0.1, 0.15) is 21.7 Å². The molecule has 1 aromatic heterocycles. The van der Waals surface area contributed by atoms with Gasteiger partial charge in [-0.1, -0.05) is 24.3 Å². The van der Waals surface area contributed by atoms with Crippen LogP contribution in [0.3, 0.4) is 0 Å². The number of nitrogens with one attached hydrogen (secondary N) is 2. The Morgan fingerprint density at radius 1 is 1.11 bits per heavy atom. The van der Waals surface area contributed by atoms with Crippen LogP contribution < -0.4 is 15.4 Å². The van der Waals surface area contributed by atoms with E-state index in [4.69, 9.17) is 4.74 Å². The summed E-state index contributed by atoms with van der Waals surface area (Å²) in [7, 11) is 1.87. The van der Waals surface area contributed by atoms with Crippen LogP contribution >= 0.6 is 23.7 Å². The summed E-state index contributed by atoms with van der Waals surface area (Å²) in [4.78, 5) is 13.1. The molecule has 0 saturated heterocycles. The fraction of sp³-hybridized carbons (Fsp3) is 0.250. The Kier molecular flexibility index (Phi) is 8.03. The summed E-state index contributed by atoms with van der Waals surface area (Å²) < 4.78 is 21.0. The maximum Gasteiger partial charge on any atom is 0.261 e. The van der Waals surface area contributed by atoms with Crippen molar-refractivity contribution in [2.75, 3.05) is 20.1 Å². The second kappa shape index (κ2) is 10.3. The van der Waals surface area contributed by atoms with E-state index in [1.165, 1.54) is 17.4 Å². The lowest BCUT2D eigenvalue weighted by molar-refractivity contribution is 0.0955. The van der Waals surface area contributed by atoms with Crippen molar-refractivity contribution < 1.29 is 13.9 Å². The van der Waals surface area contributed by atoms with Crippen LogP contribution in [-0.2, 0) is 6.61 Å². The lowest BCUT2D eigenvalue weighted by Gasteiger charge is -2.09. The predicted molar refractivity (Wildman–Crippen MR) is 111 cm³/mol. The van der Waals surface area contributed by atoms with E-state index in [1.54, 1.807) is 6.07 Å². The van der Waals surface area contributed by atoms with Gasteiger partial charge < -0.3 is 15.4 Å². The zero-order valence-electron chi connectivity index (χ0n) is 15.0. The number of hydrogen-bond acceptors (Lipinski definition) is 4. The first kappa shape index (κ1) is 21.2. The third kappa shape index (κ3) is 5.19. The summed E-state index contributed by atoms with van der Waals surface area (Å²) in [5.74, 6) is 0.163. The highest BCUT2D eigenvalue weighted by molar-refractivity contribution is 7.21. The number of hydrogen-bond donors (Lipinski definition) is 2. The average Bonchev–Trinajstić information content (AvgIpc) is 3.04. The minimum atomic E-state index is -0.334. The van der Waals surface area contributed by atoms with E-state index in [0.717, 1.165) is 17.7 Å². The van der Waals surface area contributed by atoms with Gasteiger partial charge in [-0.25, -0.2) is 4.39 Å². The molecule has 0 bridgehead atoms. The van der Waals surface area contributed by atoms with Crippen LogP contribution in [-0.4, -0.2) is 26.0 Å². The molecule has 2 N–H and O–H groups in total. The molecule has 3 rings (SSSR count). The van der Waals surface area contributed by atoms with E-state index < -0.39 is 0 Å². The summed E-state index contributed by atoms with van der Waals surface area (Å²) in [6, 6.07) is 14.2. The zero-order valence-corrected chi connectivity index (χ0v) is 16.6. The van der Waals surface area contributed by atoms with Crippen molar-refractivity contribution in [1.82, 2.24) is 10.6 Å². The molecule has 7 heteroatoms. The van der Waals surface area contributed by atoms with Gasteiger partial charge in [0.25, 0.3) is 5.91 Å². The Balaban J connectivity index is 0.00000261. The molecule has 27 heavy (non-hydrogen) atoms. The van der Waals surface area contributed by atoms with Crippen LogP contribution in [0.5, 0.6) is 5.75 Å². The highest BCUT2D eigenvalue weighted by Gasteiger charge is 2.21. The number of halogens is 2. The van der Waals surface area contributed by atoms with Crippen molar-refractivity contribution in [1.29, 1.82) is 0 Å². The third-order valence-electron chi connectivity index (χ3n) is 3.98. The lowest BCUT2D eigenvalue weighted by atomic mass is 10.1. The summed E-state index contributed by atoms with van der Waals surface area (Å²) >= 11 is 1.30. The summed E-state index contributed by atoms with van der Waals surface area (Å²) in [5.41, 5.74) is 0.595. The molecule has 2 aromatic carbocycles. The highest BCUT2D eigenvalue weighted by Crippen LogP contribution is 2.34. The van der Waals surface area contributed by atoms with E-state index in [-0.39, 0.29) is 30.7 Å². The van der Waals surface area contributed by atoms with Gasteiger partial charge in [-0.05, 0) is 44.3 Å².